The average molecular weight is 365 g/mol. The number of aromatic nitrogens is 2. The van der Waals surface area contributed by atoms with Crippen molar-refractivity contribution in [2.45, 2.75) is 13.8 Å². The van der Waals surface area contributed by atoms with Crippen LogP contribution in [0.25, 0.3) is 15.9 Å². The van der Waals surface area contributed by atoms with Crippen LogP contribution in [0.4, 0.5) is 10.1 Å². The summed E-state index contributed by atoms with van der Waals surface area (Å²) in [6.07, 6.45) is 0. The third-order valence-electron chi connectivity index (χ3n) is 4.15. The van der Waals surface area contributed by atoms with Crippen molar-refractivity contribution in [1.29, 1.82) is 0 Å². The molecule has 0 aliphatic heterocycles. The number of aryl methyl sites for hydroxylation is 2. The molecule has 2 heterocycles. The molecule has 6 heteroatoms. The fraction of sp³-hybridized carbons (Fsp3) is 0.100. The summed E-state index contributed by atoms with van der Waals surface area (Å²) in [6, 6.07) is 15.7. The van der Waals surface area contributed by atoms with Gasteiger partial charge in [0.1, 0.15) is 10.6 Å². The lowest BCUT2D eigenvalue weighted by molar-refractivity contribution is 0.103. The molecule has 1 N–H and O–H groups in total. The molecule has 4 aromatic rings. The molecule has 0 radical (unpaired) electrons. The molecule has 0 saturated heterocycles. The first-order valence-corrected chi connectivity index (χ1v) is 8.96. The van der Waals surface area contributed by atoms with Crippen LogP contribution in [0.1, 0.15) is 20.9 Å². The third kappa shape index (κ3) is 2.99. The Morgan fingerprint density at radius 3 is 2.46 bits per heavy atom. The maximum atomic E-state index is 13.2. The minimum absolute atomic E-state index is 0.153. The molecule has 0 atom stereocenters. The summed E-state index contributed by atoms with van der Waals surface area (Å²) in [5.41, 5.74) is 3.49. The van der Waals surface area contributed by atoms with E-state index < -0.39 is 0 Å². The molecule has 0 unspecified atom stereocenters. The molecular weight excluding hydrogens is 349 g/mol. The van der Waals surface area contributed by atoms with E-state index in [1.807, 2.05) is 44.2 Å². The zero-order chi connectivity index (χ0) is 18.3. The predicted molar refractivity (Wildman–Crippen MR) is 103 cm³/mol. The Morgan fingerprint density at radius 1 is 1.08 bits per heavy atom. The number of nitrogens with zero attached hydrogens (tertiary/aromatic N) is 2. The van der Waals surface area contributed by atoms with Gasteiger partial charge in [0.2, 0.25) is 0 Å². The lowest BCUT2D eigenvalue weighted by Crippen LogP contribution is -2.10. The van der Waals surface area contributed by atoms with Gasteiger partial charge in [0.15, 0.2) is 0 Å². The Bertz CT molecular complexity index is 1090. The first-order chi connectivity index (χ1) is 12.5. The number of amides is 1. The molecule has 2 aromatic heterocycles. The normalized spacial score (nSPS) is 11.0. The maximum absolute atomic E-state index is 13.2. The van der Waals surface area contributed by atoms with Crippen molar-refractivity contribution in [3.8, 4) is 5.69 Å². The zero-order valence-electron chi connectivity index (χ0n) is 14.3. The number of hydrogen-bond acceptors (Lipinski definition) is 3. The molecule has 0 bridgehead atoms. The van der Waals surface area contributed by atoms with Gasteiger partial charge in [-0.3, -0.25) is 4.79 Å². The highest BCUT2D eigenvalue weighted by molar-refractivity contribution is 7.20. The second-order valence-electron chi connectivity index (χ2n) is 6.12. The first-order valence-electron chi connectivity index (χ1n) is 8.14. The van der Waals surface area contributed by atoms with Crippen LogP contribution in [0, 0.1) is 19.7 Å². The van der Waals surface area contributed by atoms with E-state index in [0.29, 0.717) is 4.88 Å². The number of hydrogen-bond donors (Lipinski definition) is 1. The van der Waals surface area contributed by atoms with E-state index in [2.05, 4.69) is 10.4 Å². The SMILES string of the molecule is Cc1ccc(NC(=O)c2cc3c(C)nn(-c4ccc(F)cc4)c3s2)cc1. The van der Waals surface area contributed by atoms with E-state index in [1.165, 1.54) is 23.5 Å². The number of thiophene rings is 1. The zero-order valence-corrected chi connectivity index (χ0v) is 15.1. The van der Waals surface area contributed by atoms with Crippen molar-refractivity contribution in [1.82, 2.24) is 9.78 Å². The monoisotopic (exact) mass is 365 g/mol. The lowest BCUT2D eigenvalue weighted by Gasteiger charge is -2.04. The Morgan fingerprint density at radius 2 is 1.77 bits per heavy atom. The molecule has 0 spiro atoms. The Kier molecular flexibility index (Phi) is 4.05. The quantitative estimate of drug-likeness (QED) is 0.549. The number of nitrogens with one attached hydrogen (secondary N) is 1. The minimum atomic E-state index is -0.293. The van der Waals surface area contributed by atoms with Gasteiger partial charge in [-0.1, -0.05) is 17.7 Å². The third-order valence-corrected chi connectivity index (χ3v) is 5.26. The summed E-state index contributed by atoms with van der Waals surface area (Å²) in [5.74, 6) is -0.446. The predicted octanol–water partition coefficient (Wildman–Crippen LogP) is 5.10. The molecule has 1 amide bonds. The van der Waals surface area contributed by atoms with Crippen LogP contribution >= 0.6 is 11.3 Å². The van der Waals surface area contributed by atoms with Gasteiger partial charge in [0.05, 0.1) is 16.3 Å². The van der Waals surface area contributed by atoms with Crippen LogP contribution in [-0.4, -0.2) is 15.7 Å². The van der Waals surface area contributed by atoms with E-state index in [0.717, 1.165) is 32.8 Å². The lowest BCUT2D eigenvalue weighted by atomic mass is 10.2. The summed E-state index contributed by atoms with van der Waals surface area (Å²) in [4.78, 5) is 14.1. The summed E-state index contributed by atoms with van der Waals surface area (Å²) >= 11 is 1.37. The number of benzene rings is 2. The van der Waals surface area contributed by atoms with Gasteiger partial charge in [0.25, 0.3) is 5.91 Å². The molecule has 130 valence electrons. The van der Waals surface area contributed by atoms with Crippen LogP contribution in [-0.2, 0) is 0 Å². The highest BCUT2D eigenvalue weighted by Crippen LogP contribution is 2.31. The topological polar surface area (TPSA) is 46.9 Å². The van der Waals surface area contributed by atoms with Crippen molar-refractivity contribution in [2.75, 3.05) is 5.32 Å². The van der Waals surface area contributed by atoms with Crippen molar-refractivity contribution in [3.05, 3.63) is 76.5 Å². The average Bonchev–Trinajstić information content (AvgIpc) is 3.19. The van der Waals surface area contributed by atoms with E-state index in [9.17, 15) is 9.18 Å². The Balaban J connectivity index is 1.69. The highest BCUT2D eigenvalue weighted by Gasteiger charge is 2.17. The molecule has 0 saturated carbocycles. The smallest absolute Gasteiger partial charge is 0.265 e. The molecular formula is C20H16FN3OS. The van der Waals surface area contributed by atoms with Crippen LogP contribution in [0.2, 0.25) is 0 Å². The van der Waals surface area contributed by atoms with Crippen molar-refractivity contribution >= 4 is 33.1 Å². The fourth-order valence-electron chi connectivity index (χ4n) is 2.75. The second-order valence-corrected chi connectivity index (χ2v) is 7.15. The van der Waals surface area contributed by atoms with Gasteiger partial charge >= 0.3 is 0 Å². The molecule has 4 nitrogen and oxygen atoms in total. The van der Waals surface area contributed by atoms with Crippen molar-refractivity contribution in [3.63, 3.8) is 0 Å². The van der Waals surface area contributed by atoms with Gasteiger partial charge in [-0.15, -0.1) is 11.3 Å². The van der Waals surface area contributed by atoms with Crippen LogP contribution in [0.3, 0.4) is 0 Å². The van der Waals surface area contributed by atoms with Gasteiger partial charge < -0.3 is 5.32 Å². The van der Waals surface area contributed by atoms with Gasteiger partial charge in [-0.2, -0.15) is 5.10 Å². The summed E-state index contributed by atoms with van der Waals surface area (Å²) < 4.78 is 14.9. The fourth-order valence-corrected chi connectivity index (χ4v) is 3.82. The number of carbonyl (C=O) groups excluding carboxylic acids is 1. The molecule has 4 rings (SSSR count). The van der Waals surface area contributed by atoms with Crippen LogP contribution < -0.4 is 5.32 Å². The largest absolute Gasteiger partial charge is 0.321 e. The summed E-state index contributed by atoms with van der Waals surface area (Å²) in [6.45, 7) is 3.90. The van der Waals surface area contributed by atoms with Crippen molar-refractivity contribution < 1.29 is 9.18 Å². The standard InChI is InChI=1S/C20H16FN3OS/c1-12-3-7-15(8-4-12)22-19(25)18-11-17-13(2)23-24(20(17)26-18)16-9-5-14(21)6-10-16/h3-11H,1-2H3,(H,22,25). The molecule has 0 fully saturated rings. The van der Waals surface area contributed by atoms with Crippen molar-refractivity contribution in [2.24, 2.45) is 0 Å². The number of anilines is 1. The second kappa shape index (κ2) is 6.38. The number of rotatable bonds is 3. The Labute approximate surface area is 153 Å². The number of halogens is 1. The summed E-state index contributed by atoms with van der Waals surface area (Å²) in [7, 11) is 0. The van der Waals surface area contributed by atoms with E-state index >= 15 is 0 Å². The molecule has 0 aliphatic rings. The van der Waals surface area contributed by atoms with Gasteiger partial charge in [-0.05, 0) is 56.3 Å². The van der Waals surface area contributed by atoms with Crippen LogP contribution in [0.15, 0.2) is 54.6 Å². The van der Waals surface area contributed by atoms with Gasteiger partial charge in [-0.25, -0.2) is 9.07 Å². The first kappa shape index (κ1) is 16.5. The Hall–Kier alpha value is -2.99. The number of fused-ring (bicyclic) bond motifs is 1. The molecule has 0 aliphatic carbocycles. The van der Waals surface area contributed by atoms with E-state index in [1.54, 1.807) is 16.8 Å². The molecule has 26 heavy (non-hydrogen) atoms. The molecule has 2 aromatic carbocycles. The van der Waals surface area contributed by atoms with E-state index in [4.69, 9.17) is 0 Å². The van der Waals surface area contributed by atoms with Crippen LogP contribution in [0.5, 0.6) is 0 Å². The summed E-state index contributed by atoms with van der Waals surface area (Å²) in [5, 5.41) is 8.36. The van der Waals surface area contributed by atoms with Gasteiger partial charge in [0, 0.05) is 11.1 Å². The highest BCUT2D eigenvalue weighted by atomic mass is 32.1. The van der Waals surface area contributed by atoms with E-state index in [-0.39, 0.29) is 11.7 Å². The maximum Gasteiger partial charge on any atom is 0.265 e. The number of carbonyl (C=O) groups is 1. The minimum Gasteiger partial charge on any atom is -0.321 e.